The normalized spacial score (nSPS) is 10.0. The minimum atomic E-state index is -0.490. The Morgan fingerprint density at radius 2 is 1.39 bits per heavy atom. The monoisotopic (exact) mass is 378 g/mol. The minimum absolute atomic E-state index is 0.270. The third-order valence-corrected chi connectivity index (χ3v) is 3.34. The maximum absolute atomic E-state index is 11.7. The zero-order chi connectivity index (χ0) is 13.7. The molecule has 0 aliphatic heterocycles. The number of halogens is 2. The van der Waals surface area contributed by atoms with Gasteiger partial charge in [-0.3, -0.25) is 0 Å². The Hall–Kier alpha value is -0.880. The molecule has 0 unspecified atom stereocenters. The molecule has 1 aromatic carbocycles. The van der Waals surface area contributed by atoms with Crippen molar-refractivity contribution in [3.63, 3.8) is 0 Å². The van der Waals surface area contributed by atoms with E-state index in [1.807, 2.05) is 0 Å². The molecule has 0 radical (unpaired) electrons. The van der Waals surface area contributed by atoms with Crippen LogP contribution in [0.4, 0.5) is 0 Å². The summed E-state index contributed by atoms with van der Waals surface area (Å²) in [6, 6.07) is 3.18. The fraction of sp³-hybridized carbons (Fsp3) is 0.333. The van der Waals surface area contributed by atoms with Crippen molar-refractivity contribution >= 4 is 43.8 Å². The molecule has 18 heavy (non-hydrogen) atoms. The van der Waals surface area contributed by atoms with Crippen LogP contribution in [-0.2, 0) is 9.47 Å². The minimum Gasteiger partial charge on any atom is -0.462 e. The highest BCUT2D eigenvalue weighted by Gasteiger charge is 2.20. The molecule has 0 amide bonds. The van der Waals surface area contributed by atoms with Crippen molar-refractivity contribution < 1.29 is 19.1 Å². The van der Waals surface area contributed by atoms with Crippen LogP contribution in [0, 0.1) is 0 Å². The number of hydrogen-bond acceptors (Lipinski definition) is 4. The Morgan fingerprint density at radius 3 is 1.72 bits per heavy atom. The number of ether oxygens (including phenoxy) is 2. The number of rotatable bonds is 4. The predicted molar refractivity (Wildman–Crippen MR) is 73.8 cm³/mol. The van der Waals surface area contributed by atoms with Gasteiger partial charge in [-0.25, -0.2) is 9.59 Å². The largest absolute Gasteiger partial charge is 0.462 e. The van der Waals surface area contributed by atoms with Gasteiger partial charge in [-0.05, 0) is 41.9 Å². The first-order valence-corrected chi connectivity index (χ1v) is 6.93. The Balaban J connectivity index is 3.22. The molecule has 1 aromatic rings. The SMILES string of the molecule is CCOC(=O)c1cc(Br)cc(C(=O)OCC)c1Br. The van der Waals surface area contributed by atoms with Crippen LogP contribution in [0.2, 0.25) is 0 Å². The van der Waals surface area contributed by atoms with E-state index in [0.29, 0.717) is 8.95 Å². The van der Waals surface area contributed by atoms with E-state index in [-0.39, 0.29) is 24.3 Å². The molecule has 0 atom stereocenters. The maximum atomic E-state index is 11.7. The lowest BCUT2D eigenvalue weighted by Crippen LogP contribution is -2.11. The molecular weight excluding hydrogens is 368 g/mol. The molecule has 0 spiro atoms. The quantitative estimate of drug-likeness (QED) is 0.750. The van der Waals surface area contributed by atoms with Crippen molar-refractivity contribution in [3.05, 3.63) is 32.2 Å². The van der Waals surface area contributed by atoms with Gasteiger partial charge in [0.05, 0.1) is 24.3 Å². The fourth-order valence-corrected chi connectivity index (χ4v) is 2.31. The van der Waals surface area contributed by atoms with E-state index in [1.165, 1.54) is 0 Å². The van der Waals surface area contributed by atoms with E-state index in [2.05, 4.69) is 31.9 Å². The van der Waals surface area contributed by atoms with E-state index < -0.39 is 11.9 Å². The van der Waals surface area contributed by atoms with Gasteiger partial charge in [0.15, 0.2) is 0 Å². The first-order valence-electron chi connectivity index (χ1n) is 5.34. The van der Waals surface area contributed by atoms with E-state index >= 15 is 0 Å². The highest BCUT2D eigenvalue weighted by Crippen LogP contribution is 2.28. The lowest BCUT2D eigenvalue weighted by Gasteiger charge is -2.09. The second kappa shape index (κ2) is 6.89. The van der Waals surface area contributed by atoms with Gasteiger partial charge in [-0.15, -0.1) is 0 Å². The molecule has 6 heteroatoms. The smallest absolute Gasteiger partial charge is 0.339 e. The summed E-state index contributed by atoms with van der Waals surface area (Å²) in [6.07, 6.45) is 0. The third-order valence-electron chi connectivity index (χ3n) is 2.03. The summed E-state index contributed by atoms with van der Waals surface area (Å²) in [4.78, 5) is 23.5. The van der Waals surface area contributed by atoms with Crippen LogP contribution in [0.1, 0.15) is 34.6 Å². The lowest BCUT2D eigenvalue weighted by molar-refractivity contribution is 0.0523. The van der Waals surface area contributed by atoms with Crippen LogP contribution in [0.25, 0.3) is 0 Å². The second-order valence-electron chi connectivity index (χ2n) is 3.26. The van der Waals surface area contributed by atoms with Crippen LogP contribution in [0.5, 0.6) is 0 Å². The van der Waals surface area contributed by atoms with Gasteiger partial charge in [0.25, 0.3) is 0 Å². The van der Waals surface area contributed by atoms with Crippen molar-refractivity contribution in [3.8, 4) is 0 Å². The predicted octanol–water partition coefficient (Wildman–Crippen LogP) is 3.57. The molecule has 0 aromatic heterocycles. The summed E-state index contributed by atoms with van der Waals surface area (Å²) in [6.45, 7) is 3.98. The van der Waals surface area contributed by atoms with Gasteiger partial charge in [-0.2, -0.15) is 0 Å². The van der Waals surface area contributed by atoms with Gasteiger partial charge in [-0.1, -0.05) is 15.9 Å². The molecule has 0 aliphatic carbocycles. The maximum Gasteiger partial charge on any atom is 0.339 e. The first-order chi connectivity index (χ1) is 8.51. The van der Waals surface area contributed by atoms with Crippen molar-refractivity contribution in [2.45, 2.75) is 13.8 Å². The van der Waals surface area contributed by atoms with Crippen molar-refractivity contribution in [1.82, 2.24) is 0 Å². The average Bonchev–Trinajstić information content (AvgIpc) is 2.32. The van der Waals surface area contributed by atoms with Crippen LogP contribution in [0.15, 0.2) is 21.1 Å². The number of carbonyl (C=O) groups is 2. The van der Waals surface area contributed by atoms with Crippen molar-refractivity contribution in [2.75, 3.05) is 13.2 Å². The average molecular weight is 380 g/mol. The third kappa shape index (κ3) is 3.55. The molecule has 4 nitrogen and oxygen atoms in total. The number of hydrogen-bond donors (Lipinski definition) is 0. The molecule has 0 saturated carbocycles. The van der Waals surface area contributed by atoms with E-state index in [4.69, 9.17) is 9.47 Å². The topological polar surface area (TPSA) is 52.6 Å². The Labute approximate surface area is 122 Å². The van der Waals surface area contributed by atoms with Gasteiger partial charge in [0.2, 0.25) is 0 Å². The summed E-state index contributed by atoms with van der Waals surface area (Å²) >= 11 is 6.48. The highest BCUT2D eigenvalue weighted by molar-refractivity contribution is 9.11. The van der Waals surface area contributed by atoms with Crippen LogP contribution >= 0.6 is 31.9 Å². The Morgan fingerprint density at radius 1 is 1.00 bits per heavy atom. The summed E-state index contributed by atoms with van der Waals surface area (Å²) in [5, 5.41) is 0. The van der Waals surface area contributed by atoms with Crippen molar-refractivity contribution in [1.29, 1.82) is 0 Å². The molecule has 1 rings (SSSR count). The van der Waals surface area contributed by atoms with Crippen LogP contribution < -0.4 is 0 Å². The zero-order valence-electron chi connectivity index (χ0n) is 9.96. The highest BCUT2D eigenvalue weighted by atomic mass is 79.9. The van der Waals surface area contributed by atoms with Crippen LogP contribution in [-0.4, -0.2) is 25.2 Å². The summed E-state index contributed by atoms with van der Waals surface area (Å²) in [7, 11) is 0. The van der Waals surface area contributed by atoms with E-state index in [1.54, 1.807) is 26.0 Å². The van der Waals surface area contributed by atoms with Gasteiger partial charge >= 0.3 is 11.9 Å². The molecule has 0 N–H and O–H groups in total. The fourth-order valence-electron chi connectivity index (χ4n) is 1.30. The Kier molecular flexibility index (Phi) is 5.81. The molecule has 0 aliphatic rings. The number of esters is 2. The summed E-state index contributed by atoms with van der Waals surface area (Å²) < 4.78 is 10.8. The number of benzene rings is 1. The standard InChI is InChI=1S/C12H12Br2O4/c1-3-17-11(15)8-5-7(13)6-9(10(8)14)12(16)18-4-2/h5-6H,3-4H2,1-2H3. The first kappa shape index (κ1) is 15.2. The van der Waals surface area contributed by atoms with Crippen molar-refractivity contribution in [2.24, 2.45) is 0 Å². The van der Waals surface area contributed by atoms with E-state index in [0.717, 1.165) is 0 Å². The molecule has 0 bridgehead atoms. The van der Waals surface area contributed by atoms with Crippen LogP contribution in [0.3, 0.4) is 0 Å². The van der Waals surface area contributed by atoms with Gasteiger partial charge in [0, 0.05) is 8.95 Å². The molecule has 0 fully saturated rings. The van der Waals surface area contributed by atoms with E-state index in [9.17, 15) is 9.59 Å². The number of carbonyl (C=O) groups excluding carboxylic acids is 2. The summed E-state index contributed by atoms with van der Waals surface area (Å²) in [5.74, 6) is -0.979. The summed E-state index contributed by atoms with van der Waals surface area (Å²) in [5.41, 5.74) is 0.573. The second-order valence-corrected chi connectivity index (χ2v) is 4.96. The zero-order valence-corrected chi connectivity index (χ0v) is 13.1. The van der Waals surface area contributed by atoms with Gasteiger partial charge < -0.3 is 9.47 Å². The molecular formula is C12H12Br2O4. The molecule has 98 valence electrons. The lowest BCUT2D eigenvalue weighted by atomic mass is 10.1. The molecule has 0 saturated heterocycles. The molecule has 0 heterocycles. The van der Waals surface area contributed by atoms with Gasteiger partial charge in [0.1, 0.15) is 0 Å². The Bertz CT molecular complexity index is 432.